The summed E-state index contributed by atoms with van der Waals surface area (Å²) >= 11 is 17.9. The van der Waals surface area contributed by atoms with E-state index >= 15 is 0 Å². The summed E-state index contributed by atoms with van der Waals surface area (Å²) in [5.41, 5.74) is 14.9. The molecule has 0 atom stereocenters. The molecule has 0 saturated carbocycles. The van der Waals surface area contributed by atoms with Crippen LogP contribution < -0.4 is 61.8 Å². The fraction of sp³-hybridized carbons (Fsp3) is 0.333. The molecule has 8 aromatic heterocycles. The largest absolute Gasteiger partial charge is 1.00 e. The number of anilines is 3. The molecular formula is C90H114BCl3N17NaO9S3. The fourth-order valence-electron chi connectivity index (χ4n) is 12.0. The molecule has 0 aliphatic rings. The van der Waals surface area contributed by atoms with Gasteiger partial charge in [-0.1, -0.05) is 232 Å². The zero-order chi connectivity index (χ0) is 90.8. The second-order valence-electron chi connectivity index (χ2n) is 30.5. The van der Waals surface area contributed by atoms with E-state index in [1.54, 1.807) is 130 Å². The van der Waals surface area contributed by atoms with E-state index in [2.05, 4.69) is 133 Å². The molecule has 0 spiro atoms. The minimum absolute atomic E-state index is 0. The van der Waals surface area contributed by atoms with Crippen molar-refractivity contribution in [3.05, 3.63) is 243 Å². The van der Waals surface area contributed by atoms with E-state index in [-0.39, 0.29) is 71.3 Å². The Morgan fingerprint density at radius 1 is 0.427 bits per heavy atom. The molecule has 124 heavy (non-hydrogen) atoms. The molecule has 656 valence electrons. The Bertz CT molecular complexity index is 6090. The van der Waals surface area contributed by atoms with Crippen molar-refractivity contribution < 1.29 is 70.0 Å². The number of fused-ring (bicyclic) bond motifs is 4. The van der Waals surface area contributed by atoms with Crippen LogP contribution in [0.4, 0.5) is 17.5 Å². The number of nitrogens with zero attached hydrogens (tertiary/aromatic N) is 12. The molecule has 0 fully saturated rings. The number of aromatic nitrogens is 12. The summed E-state index contributed by atoms with van der Waals surface area (Å²) in [5.74, 6) is 5.34. The van der Waals surface area contributed by atoms with Crippen LogP contribution in [0.5, 0.6) is 0 Å². The molecule has 6 aromatic carbocycles. The third-order valence-electron chi connectivity index (χ3n) is 18.6. The molecule has 0 unspecified atom stereocenters. The van der Waals surface area contributed by atoms with Crippen molar-refractivity contribution in [3.8, 4) is 22.8 Å². The predicted octanol–water partition coefficient (Wildman–Crippen LogP) is 13.9. The van der Waals surface area contributed by atoms with Gasteiger partial charge in [0.2, 0.25) is 10.6 Å². The molecule has 34 heteroatoms. The average Bonchev–Trinajstić information content (AvgIpc) is 1.60. The van der Waals surface area contributed by atoms with Crippen molar-refractivity contribution in [2.75, 3.05) is 68.9 Å². The van der Waals surface area contributed by atoms with Gasteiger partial charge in [0, 0.05) is 53.5 Å². The van der Waals surface area contributed by atoms with Gasteiger partial charge in [-0.05, 0) is 188 Å². The molecular weight excluding hydrogens is 1700 g/mol. The second-order valence-corrected chi connectivity index (χ2v) is 36.9. The zero-order valence-corrected chi connectivity index (χ0v) is 81.0. The van der Waals surface area contributed by atoms with Crippen molar-refractivity contribution in [3.63, 3.8) is 0 Å². The monoisotopic (exact) mass is 1810 g/mol. The van der Waals surface area contributed by atoms with Crippen molar-refractivity contribution in [1.29, 1.82) is 0 Å². The van der Waals surface area contributed by atoms with Crippen LogP contribution >= 0.6 is 34.8 Å². The maximum Gasteiger partial charge on any atom is 1.00 e. The Kier molecular flexibility index (Phi) is 40.5. The number of halogens is 3. The van der Waals surface area contributed by atoms with E-state index in [0.29, 0.717) is 92.0 Å². The van der Waals surface area contributed by atoms with Gasteiger partial charge in [0.05, 0.1) is 36.2 Å². The topological polar surface area (TPSA) is 365 Å². The Hall–Kier alpha value is -9.22. The van der Waals surface area contributed by atoms with Gasteiger partial charge in [0.25, 0.3) is 30.1 Å². The first-order chi connectivity index (χ1) is 58.3. The minimum atomic E-state index is -3.82. The number of nitrogens with one attached hydrogen (secondary N) is 4. The number of aromatic amines is 1. The van der Waals surface area contributed by atoms with Crippen molar-refractivity contribution in [2.24, 2.45) is 29.4 Å². The number of benzene rings is 6. The second kappa shape index (κ2) is 48.5. The summed E-state index contributed by atoms with van der Waals surface area (Å²) < 4.78 is 82.9. The van der Waals surface area contributed by atoms with Crippen LogP contribution in [0.2, 0.25) is 15.7 Å². The maximum atomic E-state index is 13.5. The first-order valence-corrected chi connectivity index (χ1v) is 45.9. The molecule has 14 aromatic rings. The van der Waals surface area contributed by atoms with E-state index < -0.39 is 37.2 Å². The molecule has 0 bridgehead atoms. The molecule has 0 aliphatic heterocycles. The molecule has 26 nitrogen and oxygen atoms in total. The maximum absolute atomic E-state index is 13.5. The Balaban J connectivity index is 0.000000236. The van der Waals surface area contributed by atoms with E-state index in [1.807, 2.05) is 100 Å². The van der Waals surface area contributed by atoms with Crippen LogP contribution in [-0.2, 0) is 30.1 Å². The van der Waals surface area contributed by atoms with Gasteiger partial charge in [-0.15, -0.1) is 0 Å². The van der Waals surface area contributed by atoms with E-state index in [1.165, 1.54) is 27.6 Å². The van der Waals surface area contributed by atoms with Crippen LogP contribution in [0.3, 0.4) is 0 Å². The number of H-pyrrole nitrogens is 1. The van der Waals surface area contributed by atoms with E-state index in [4.69, 9.17) is 70.6 Å². The Morgan fingerprint density at radius 2 is 0.742 bits per heavy atom. The summed E-state index contributed by atoms with van der Waals surface area (Å²) in [6.45, 7) is 43.1. The summed E-state index contributed by atoms with van der Waals surface area (Å²) in [5, 5.41) is 38.3. The zero-order valence-electron chi connectivity index (χ0n) is 74.3. The normalized spacial score (nSPS) is 11.2. The van der Waals surface area contributed by atoms with Crippen LogP contribution in [-0.4, -0.2) is 157 Å². The Labute approximate surface area is 768 Å². The standard InChI is InChI=1S/C24H26N4O2S.C18H21ClN4O2S.C17H20N4.C14H11Cl2N3O2S.C6H7BO2.C6H15N.C4H11N.CH3O.Na/c1-16(2)15-25-23-21-14-18(4)28(31(29,30)20-12-10-17(3)11-13-20)24(21)27-22(26-23)19-8-6-5-7-9-19;1-11(2)10-20-16-15-9-13(4)23(17(15)22-18(19)21-16)26(24,25)14-7-5-12(3)6-8-14;1-11(2)10-18-16-14-9-12(3)19-17(14)21-15(20-16)13-7-5-4-6-8-13;1-8-3-5-10(6-4-8)22(20,21)19-9(2)7-11-12(15)17-14(16)18-13(11)19;8-7(9)6-4-2-1-3-5-6;1-4-7(5-2)6-3;1-4(2)3-5;1-2;/h5-14,16H,15H2,1-4H3,(H,25,26,27);5-9,11H,10H2,1-4H3,(H,20,21,22);4-9,11H,10H2,1-3H3,(H2,18,19,20,21);3-7H,1-2H3;1-5,8-9H;4-6H2,1-3H3;4H,3,5H2,1-2H3;1H3;/q;;;;;;;-1;+1. The first kappa shape index (κ1) is 104. The van der Waals surface area contributed by atoms with Crippen LogP contribution in [0.15, 0.2) is 203 Å². The molecule has 0 amide bonds. The van der Waals surface area contributed by atoms with Gasteiger partial charge in [-0.2, -0.15) is 17.1 Å². The smallest absolute Gasteiger partial charge is 0.857 e. The molecule has 0 saturated heterocycles. The first-order valence-electron chi connectivity index (χ1n) is 40.4. The van der Waals surface area contributed by atoms with Gasteiger partial charge in [-0.25, -0.2) is 67.1 Å². The van der Waals surface area contributed by atoms with Gasteiger partial charge in [0.1, 0.15) is 28.3 Å². The van der Waals surface area contributed by atoms with Crippen molar-refractivity contribution >= 4 is 139 Å². The fourth-order valence-corrected chi connectivity index (χ4v) is 17.0. The molecule has 0 aliphatic carbocycles. The summed E-state index contributed by atoms with van der Waals surface area (Å²) in [7, 11) is -12.0. The molecule has 8 N–H and O–H groups in total. The number of hydrogen-bond donors (Lipinski definition) is 7. The summed E-state index contributed by atoms with van der Waals surface area (Å²) in [6, 6.07) is 55.8. The van der Waals surface area contributed by atoms with E-state index in [9.17, 15) is 25.3 Å². The van der Waals surface area contributed by atoms with Gasteiger partial charge < -0.3 is 46.7 Å². The number of rotatable bonds is 22. The Morgan fingerprint density at radius 3 is 1.07 bits per heavy atom. The molecule has 0 radical (unpaired) electrons. The number of nitrogens with two attached hydrogens (primary N) is 1. The SMILES string of the molecule is CC(C)CN.CCN(CC)CC.C[O-].Cc1cc2c(NCC(C)C)nc(-c3ccccc3)nc2[nH]1.Cc1ccc(S(=O)(=O)n2c(C)cc3c(Cl)nc(Cl)nc32)cc1.Cc1ccc(S(=O)(=O)n2c(C)cc3c(NCC(C)C)nc(-c4ccccc4)nc32)cc1.Cc1ccc(S(=O)(=O)n2c(C)cc3c(NCC(C)C)nc(Cl)nc32)cc1.OB(O)c1ccccc1.[Na+]. The molecule has 14 rings (SSSR count). The number of aryl methyl sites for hydroxylation is 7. The third-order valence-corrected chi connectivity index (χ3v) is 24.6. The van der Waals surface area contributed by atoms with Gasteiger partial charge >= 0.3 is 36.7 Å². The predicted molar refractivity (Wildman–Crippen MR) is 502 cm³/mol. The van der Waals surface area contributed by atoms with Crippen LogP contribution in [0, 0.1) is 72.1 Å². The third kappa shape index (κ3) is 28.1. The summed E-state index contributed by atoms with van der Waals surface area (Å²) in [6.07, 6.45) is 0. The summed E-state index contributed by atoms with van der Waals surface area (Å²) in [4.78, 5) is 41.4. The minimum Gasteiger partial charge on any atom is -0.857 e. The van der Waals surface area contributed by atoms with E-state index in [0.717, 1.165) is 86.9 Å². The number of hydrogen-bond acceptors (Lipinski definition) is 22. The van der Waals surface area contributed by atoms with Crippen molar-refractivity contribution in [1.82, 2.24) is 61.7 Å². The van der Waals surface area contributed by atoms with Gasteiger partial charge in [0.15, 0.2) is 28.6 Å². The van der Waals surface area contributed by atoms with Crippen molar-refractivity contribution in [2.45, 2.75) is 139 Å². The molecule has 8 heterocycles. The quantitative estimate of drug-likeness (QED) is 0.0188. The van der Waals surface area contributed by atoms with Crippen LogP contribution in [0.25, 0.3) is 66.9 Å². The van der Waals surface area contributed by atoms with Crippen LogP contribution in [0.1, 0.15) is 116 Å². The average molecular weight is 1810 g/mol. The van der Waals surface area contributed by atoms with Gasteiger partial charge in [-0.3, -0.25) is 0 Å².